The molecule has 0 aliphatic carbocycles. The number of aromatic nitrogens is 1. The first-order chi connectivity index (χ1) is 10.6. The molecule has 0 unspecified atom stereocenters. The van der Waals surface area contributed by atoms with E-state index in [2.05, 4.69) is 42.9 Å². The van der Waals surface area contributed by atoms with Gasteiger partial charge in [0, 0.05) is 10.0 Å². The first kappa shape index (κ1) is 15.2. The molecule has 0 fully saturated rings. The number of aromatic hydroxyl groups is 1. The molecule has 3 aromatic rings. The smallest absolute Gasteiger partial charge is 0.137 e. The molecule has 0 saturated carbocycles. The van der Waals surface area contributed by atoms with Crippen molar-refractivity contribution in [3.8, 4) is 11.8 Å². The van der Waals surface area contributed by atoms with Gasteiger partial charge in [-0.3, -0.25) is 0 Å². The van der Waals surface area contributed by atoms with E-state index >= 15 is 0 Å². The minimum absolute atomic E-state index is 0.0945. The summed E-state index contributed by atoms with van der Waals surface area (Å²) in [6.07, 6.45) is 1.64. The van der Waals surface area contributed by atoms with Crippen molar-refractivity contribution in [2.75, 3.05) is 0 Å². The fourth-order valence-electron chi connectivity index (χ4n) is 1.98. The van der Waals surface area contributed by atoms with Crippen LogP contribution in [0.2, 0.25) is 0 Å². The van der Waals surface area contributed by atoms with E-state index in [1.807, 2.05) is 24.3 Å². The molecule has 0 bridgehead atoms. The molecule has 0 amide bonds. The van der Waals surface area contributed by atoms with E-state index in [0.717, 1.165) is 14.7 Å². The third-order valence-corrected chi connectivity index (χ3v) is 5.13. The Morgan fingerprint density at radius 3 is 2.77 bits per heavy atom. The highest BCUT2D eigenvalue weighted by atomic mass is 79.9. The van der Waals surface area contributed by atoms with Gasteiger partial charge in [-0.1, -0.05) is 28.1 Å². The van der Waals surface area contributed by atoms with Crippen molar-refractivity contribution in [2.45, 2.75) is 0 Å². The number of benzene rings is 2. The lowest BCUT2D eigenvalue weighted by molar-refractivity contribution is 0.470. The zero-order valence-electron chi connectivity index (χ0n) is 11.0. The maximum Gasteiger partial charge on any atom is 0.137 e. The number of nitriles is 1. The molecule has 3 rings (SSSR count). The van der Waals surface area contributed by atoms with Crippen molar-refractivity contribution in [3.63, 3.8) is 0 Å². The Hall–Kier alpha value is -1.68. The number of hydrogen-bond acceptors (Lipinski definition) is 4. The summed E-state index contributed by atoms with van der Waals surface area (Å²) in [7, 11) is 0. The van der Waals surface area contributed by atoms with Gasteiger partial charge in [0.2, 0.25) is 0 Å². The summed E-state index contributed by atoms with van der Waals surface area (Å²) in [5, 5.41) is 20.2. The van der Waals surface area contributed by atoms with E-state index < -0.39 is 0 Å². The summed E-state index contributed by atoms with van der Waals surface area (Å²) in [6, 6.07) is 13.4. The van der Waals surface area contributed by atoms with Crippen LogP contribution in [0.15, 0.2) is 45.3 Å². The molecule has 0 saturated heterocycles. The number of nitrogens with zero attached hydrogens (tertiary/aromatic N) is 2. The Morgan fingerprint density at radius 2 is 2.05 bits per heavy atom. The zero-order valence-corrected chi connectivity index (χ0v) is 15.0. The van der Waals surface area contributed by atoms with Crippen LogP contribution < -0.4 is 0 Å². The van der Waals surface area contributed by atoms with Crippen LogP contribution in [0.4, 0.5) is 0 Å². The normalized spacial score (nSPS) is 11.6. The van der Waals surface area contributed by atoms with Gasteiger partial charge in [-0.2, -0.15) is 5.26 Å². The summed E-state index contributed by atoms with van der Waals surface area (Å²) >= 11 is 8.12. The second-order valence-electron chi connectivity index (χ2n) is 4.48. The van der Waals surface area contributed by atoms with E-state index in [1.54, 1.807) is 18.2 Å². The Kier molecular flexibility index (Phi) is 4.30. The van der Waals surface area contributed by atoms with Gasteiger partial charge in [0.1, 0.15) is 16.8 Å². The van der Waals surface area contributed by atoms with Gasteiger partial charge in [0.25, 0.3) is 0 Å². The van der Waals surface area contributed by atoms with Crippen LogP contribution in [-0.2, 0) is 0 Å². The van der Waals surface area contributed by atoms with Gasteiger partial charge < -0.3 is 5.11 Å². The minimum atomic E-state index is 0.0945. The third-order valence-electron chi connectivity index (χ3n) is 3.00. The largest absolute Gasteiger partial charge is 0.506 e. The maximum atomic E-state index is 10.1. The van der Waals surface area contributed by atoms with Crippen molar-refractivity contribution in [2.24, 2.45) is 0 Å². The number of fused-ring (bicyclic) bond motifs is 1. The molecule has 22 heavy (non-hydrogen) atoms. The fourth-order valence-corrected chi connectivity index (χ4v) is 4.17. The monoisotopic (exact) mass is 434 g/mol. The highest BCUT2D eigenvalue weighted by Crippen LogP contribution is 2.35. The molecule has 1 heterocycles. The van der Waals surface area contributed by atoms with Gasteiger partial charge in [-0.05, 0) is 46.3 Å². The molecular formula is C16H8Br2N2OS. The number of para-hydroxylation sites is 1. The van der Waals surface area contributed by atoms with Gasteiger partial charge in [-0.25, -0.2) is 4.98 Å². The van der Waals surface area contributed by atoms with Crippen LogP contribution in [-0.4, -0.2) is 10.1 Å². The molecule has 0 atom stereocenters. The van der Waals surface area contributed by atoms with Crippen molar-refractivity contribution in [1.29, 1.82) is 5.26 Å². The Morgan fingerprint density at radius 1 is 1.27 bits per heavy atom. The third kappa shape index (κ3) is 2.93. The first-order valence-electron chi connectivity index (χ1n) is 6.24. The number of phenolic OH excluding ortho intramolecular Hbond substituents is 1. The minimum Gasteiger partial charge on any atom is -0.506 e. The maximum absolute atomic E-state index is 10.1. The molecule has 0 aliphatic rings. The van der Waals surface area contributed by atoms with Crippen LogP contribution in [0.1, 0.15) is 10.6 Å². The second kappa shape index (κ2) is 6.21. The second-order valence-corrected chi connectivity index (χ2v) is 7.28. The van der Waals surface area contributed by atoms with Crippen LogP contribution in [0, 0.1) is 11.3 Å². The standard InChI is InChI=1S/C16H8Br2N2OS/c17-11-6-9(15(21)12(18)7-11)5-10(8-19)16-20-13-3-1-2-4-14(13)22-16/h1-7,21H/b10-5-. The molecular weight excluding hydrogens is 428 g/mol. The van der Waals surface area contributed by atoms with Gasteiger partial charge in [-0.15, -0.1) is 11.3 Å². The lowest BCUT2D eigenvalue weighted by Crippen LogP contribution is -1.83. The van der Waals surface area contributed by atoms with Gasteiger partial charge in [0.15, 0.2) is 0 Å². The number of rotatable bonds is 2. The van der Waals surface area contributed by atoms with Crippen molar-refractivity contribution >= 4 is 65.1 Å². The molecule has 1 N–H and O–H groups in total. The van der Waals surface area contributed by atoms with Crippen LogP contribution >= 0.6 is 43.2 Å². The quantitative estimate of drug-likeness (QED) is 0.533. The summed E-state index contributed by atoms with van der Waals surface area (Å²) in [6.45, 7) is 0. The summed E-state index contributed by atoms with van der Waals surface area (Å²) in [4.78, 5) is 4.48. The average molecular weight is 436 g/mol. The van der Waals surface area contributed by atoms with Crippen LogP contribution in [0.5, 0.6) is 5.75 Å². The van der Waals surface area contributed by atoms with Crippen molar-refractivity contribution in [3.05, 3.63) is 55.9 Å². The van der Waals surface area contributed by atoms with Gasteiger partial charge in [0.05, 0.1) is 20.3 Å². The predicted octanol–water partition coefficient (Wildman–Crippen LogP) is 5.59. The summed E-state index contributed by atoms with van der Waals surface area (Å²) in [5.74, 6) is 0.0945. The van der Waals surface area contributed by atoms with Crippen molar-refractivity contribution < 1.29 is 5.11 Å². The number of thiazole rings is 1. The Balaban J connectivity index is 2.13. The Labute approximate surface area is 147 Å². The lowest BCUT2D eigenvalue weighted by Gasteiger charge is -2.03. The van der Waals surface area contributed by atoms with E-state index in [4.69, 9.17) is 0 Å². The number of phenols is 1. The molecule has 0 aliphatic heterocycles. The summed E-state index contributed by atoms with van der Waals surface area (Å²) < 4.78 is 2.40. The summed E-state index contributed by atoms with van der Waals surface area (Å²) in [5.41, 5.74) is 1.84. The predicted molar refractivity (Wildman–Crippen MR) is 96.6 cm³/mol. The fraction of sp³-hybridized carbons (Fsp3) is 0. The zero-order chi connectivity index (χ0) is 15.7. The van der Waals surface area contributed by atoms with E-state index in [0.29, 0.717) is 20.6 Å². The molecule has 6 heteroatoms. The topological polar surface area (TPSA) is 56.9 Å². The molecule has 2 aromatic carbocycles. The van der Waals surface area contributed by atoms with E-state index in [-0.39, 0.29) is 5.75 Å². The Bertz CT molecular complexity index is 908. The highest BCUT2D eigenvalue weighted by molar-refractivity contribution is 9.11. The van der Waals surface area contributed by atoms with Crippen LogP contribution in [0.3, 0.4) is 0 Å². The van der Waals surface area contributed by atoms with Gasteiger partial charge >= 0.3 is 0 Å². The van der Waals surface area contributed by atoms with Crippen LogP contribution in [0.25, 0.3) is 21.9 Å². The lowest BCUT2D eigenvalue weighted by atomic mass is 10.1. The number of hydrogen-bond donors (Lipinski definition) is 1. The molecule has 0 radical (unpaired) electrons. The molecule has 108 valence electrons. The highest BCUT2D eigenvalue weighted by Gasteiger charge is 2.11. The number of allylic oxidation sites excluding steroid dienone is 1. The molecule has 1 aromatic heterocycles. The molecule has 0 spiro atoms. The van der Waals surface area contributed by atoms with E-state index in [1.165, 1.54) is 11.3 Å². The number of halogens is 2. The SMILES string of the molecule is N#C/C(=C/c1cc(Br)cc(Br)c1O)c1nc2ccccc2s1. The average Bonchev–Trinajstić information content (AvgIpc) is 2.93. The molecule has 3 nitrogen and oxygen atoms in total. The first-order valence-corrected chi connectivity index (χ1v) is 8.64. The van der Waals surface area contributed by atoms with Crippen molar-refractivity contribution in [1.82, 2.24) is 4.98 Å². The van der Waals surface area contributed by atoms with E-state index in [9.17, 15) is 10.4 Å².